The van der Waals surface area contributed by atoms with Gasteiger partial charge in [-0.1, -0.05) is 56.2 Å². The van der Waals surface area contributed by atoms with Crippen LogP contribution in [0.25, 0.3) is 21.8 Å². The highest BCUT2D eigenvalue weighted by atomic mass is 31.0. The maximum Gasteiger partial charge on any atom is 0.0741 e. The largest absolute Gasteiger partial charge is 0.248 e. The minimum absolute atomic E-state index is 0. The first kappa shape index (κ1) is 14.9. The van der Waals surface area contributed by atoms with Crippen molar-refractivity contribution in [2.75, 3.05) is 0 Å². The zero-order valence-corrected chi connectivity index (χ0v) is 13.5. The number of rotatable bonds is 4. The lowest BCUT2D eigenvalue weighted by molar-refractivity contribution is 0.719. The predicted octanol–water partition coefficient (Wildman–Crippen LogP) is 5.18. The maximum absolute atomic E-state index is 4.86. The molecule has 2 aromatic carbocycles. The van der Waals surface area contributed by atoms with Gasteiger partial charge >= 0.3 is 0 Å². The van der Waals surface area contributed by atoms with Gasteiger partial charge in [-0.25, -0.2) is 4.98 Å². The van der Waals surface area contributed by atoms with Crippen LogP contribution in [0.15, 0.2) is 48.5 Å². The monoisotopic (exact) mass is 283 g/mol. The zero-order valence-electron chi connectivity index (χ0n) is 12.1. The van der Waals surface area contributed by atoms with Gasteiger partial charge in [-0.3, -0.25) is 0 Å². The average Bonchev–Trinajstić information content (AvgIpc) is 2.46. The summed E-state index contributed by atoms with van der Waals surface area (Å²) in [6.07, 6.45) is 4.95. The Bertz CT molecular complexity index is 706. The molecule has 1 unspecified atom stereocenters. The molecule has 0 N–H and O–H groups in total. The molecular weight excluding hydrogens is 261 g/mol. The first-order chi connectivity index (χ1) is 9.38. The van der Waals surface area contributed by atoms with E-state index in [1.807, 2.05) is 0 Å². The van der Waals surface area contributed by atoms with Crippen LogP contribution < -0.4 is 0 Å². The Hall–Kier alpha value is -1.46. The van der Waals surface area contributed by atoms with Crippen LogP contribution in [0, 0.1) is 0 Å². The molecule has 1 aromatic heterocycles. The van der Waals surface area contributed by atoms with E-state index in [0.29, 0.717) is 0 Å². The molecule has 1 heterocycles. The summed E-state index contributed by atoms with van der Waals surface area (Å²) in [6.45, 7) is 2.24. The molecule has 0 bridgehead atoms. The number of aromatic nitrogens is 1. The minimum atomic E-state index is 0. The normalized spacial score (nSPS) is 10.7. The van der Waals surface area contributed by atoms with Gasteiger partial charge in [0.25, 0.3) is 0 Å². The van der Waals surface area contributed by atoms with Gasteiger partial charge in [-0.2, -0.15) is 9.90 Å². The number of aryl methyl sites for hydroxylation is 1. The third-order valence-electron chi connectivity index (χ3n) is 3.68. The summed E-state index contributed by atoms with van der Waals surface area (Å²) < 4.78 is 0. The molecule has 2 heteroatoms. The molecule has 0 saturated carbocycles. The van der Waals surface area contributed by atoms with Crippen molar-refractivity contribution in [1.82, 2.24) is 4.98 Å². The third-order valence-corrected chi connectivity index (χ3v) is 3.68. The Morgan fingerprint density at radius 1 is 0.900 bits per heavy atom. The number of unbranched alkanes of at least 4 members (excludes halogenated alkanes) is 2. The lowest BCUT2D eigenvalue weighted by Crippen LogP contribution is -1.91. The Balaban J connectivity index is 0.00000147. The first-order valence-corrected chi connectivity index (χ1v) is 7.16. The quantitative estimate of drug-likeness (QED) is 0.365. The van der Waals surface area contributed by atoms with Crippen LogP contribution in [0.5, 0.6) is 0 Å². The van der Waals surface area contributed by atoms with Crippen LogP contribution in [0.1, 0.15) is 31.7 Å². The second-order valence-corrected chi connectivity index (χ2v) is 5.13. The minimum Gasteiger partial charge on any atom is -0.248 e. The third kappa shape index (κ3) is 2.99. The smallest absolute Gasteiger partial charge is 0.0741 e. The molecule has 0 amide bonds. The fraction of sp³-hybridized carbons (Fsp3) is 0.278. The Morgan fingerprint density at radius 2 is 1.70 bits per heavy atom. The molecule has 0 aliphatic heterocycles. The van der Waals surface area contributed by atoms with Gasteiger partial charge in [0, 0.05) is 10.8 Å². The summed E-state index contributed by atoms with van der Waals surface area (Å²) >= 11 is 0. The summed E-state index contributed by atoms with van der Waals surface area (Å²) in [6, 6.07) is 17.1. The van der Waals surface area contributed by atoms with Gasteiger partial charge in [0.15, 0.2) is 0 Å². The summed E-state index contributed by atoms with van der Waals surface area (Å²) in [4.78, 5) is 4.86. The Kier molecular flexibility index (Phi) is 5.09. The first-order valence-electron chi connectivity index (χ1n) is 7.16. The lowest BCUT2D eigenvalue weighted by atomic mass is 10.0. The van der Waals surface area contributed by atoms with Crippen molar-refractivity contribution in [1.29, 1.82) is 0 Å². The number of pyridine rings is 1. The van der Waals surface area contributed by atoms with Crippen molar-refractivity contribution >= 4 is 31.7 Å². The van der Waals surface area contributed by atoms with E-state index in [1.54, 1.807) is 0 Å². The zero-order chi connectivity index (χ0) is 13.1. The molecule has 0 saturated heterocycles. The lowest BCUT2D eigenvalue weighted by Gasteiger charge is -2.07. The molecule has 0 spiro atoms. The van der Waals surface area contributed by atoms with Crippen molar-refractivity contribution in [2.24, 2.45) is 0 Å². The highest BCUT2D eigenvalue weighted by Gasteiger charge is 2.04. The highest BCUT2D eigenvalue weighted by Crippen LogP contribution is 2.23. The average molecular weight is 283 g/mol. The molecule has 104 valence electrons. The van der Waals surface area contributed by atoms with E-state index in [9.17, 15) is 0 Å². The molecule has 3 rings (SSSR count). The number of benzene rings is 2. The topological polar surface area (TPSA) is 12.9 Å². The molecular formula is C18H22NP. The van der Waals surface area contributed by atoms with Crippen LogP contribution in [-0.4, -0.2) is 4.98 Å². The molecule has 0 fully saturated rings. The number of nitrogens with zero attached hydrogens (tertiary/aromatic N) is 1. The second-order valence-electron chi connectivity index (χ2n) is 5.13. The van der Waals surface area contributed by atoms with E-state index in [4.69, 9.17) is 4.98 Å². The summed E-state index contributed by atoms with van der Waals surface area (Å²) in [7, 11) is 0. The second kappa shape index (κ2) is 6.81. The van der Waals surface area contributed by atoms with E-state index < -0.39 is 0 Å². The van der Waals surface area contributed by atoms with E-state index >= 15 is 0 Å². The summed E-state index contributed by atoms with van der Waals surface area (Å²) in [5, 5.41) is 2.48. The maximum atomic E-state index is 4.86. The number of hydrogen-bond acceptors (Lipinski definition) is 1. The van der Waals surface area contributed by atoms with Gasteiger partial charge in [-0.15, -0.1) is 0 Å². The molecule has 3 aromatic rings. The SMILES string of the molecule is CCCCCc1cccc2cc3ccccc3nc12.P. The van der Waals surface area contributed by atoms with Crippen LogP contribution in [0.2, 0.25) is 0 Å². The molecule has 0 radical (unpaired) electrons. The van der Waals surface area contributed by atoms with Crippen LogP contribution in [0.4, 0.5) is 0 Å². The van der Waals surface area contributed by atoms with Gasteiger partial charge in [0.2, 0.25) is 0 Å². The van der Waals surface area contributed by atoms with Gasteiger partial charge in [0.1, 0.15) is 0 Å². The van der Waals surface area contributed by atoms with Crippen LogP contribution in [0.3, 0.4) is 0 Å². The van der Waals surface area contributed by atoms with Crippen molar-refractivity contribution < 1.29 is 0 Å². The van der Waals surface area contributed by atoms with E-state index in [1.165, 1.54) is 41.1 Å². The van der Waals surface area contributed by atoms with Crippen molar-refractivity contribution in [3.8, 4) is 0 Å². The Labute approximate surface area is 124 Å². The Morgan fingerprint density at radius 3 is 2.55 bits per heavy atom. The van der Waals surface area contributed by atoms with Crippen LogP contribution in [-0.2, 0) is 6.42 Å². The molecule has 0 aliphatic rings. The molecule has 20 heavy (non-hydrogen) atoms. The summed E-state index contributed by atoms with van der Waals surface area (Å²) in [5.41, 5.74) is 3.66. The standard InChI is InChI=1S/C18H19N.H3P/c1-2-3-4-8-14-10-7-11-16-13-15-9-5-6-12-17(15)19-18(14)16;/h5-7,9-13H,2-4,8H2,1H3;1H3. The van der Waals surface area contributed by atoms with Crippen molar-refractivity contribution in [3.05, 3.63) is 54.1 Å². The molecule has 0 aliphatic carbocycles. The number of fused-ring (bicyclic) bond motifs is 2. The summed E-state index contributed by atoms with van der Waals surface area (Å²) in [5.74, 6) is 0. The highest BCUT2D eigenvalue weighted by molar-refractivity contribution is 6.92. The van der Waals surface area contributed by atoms with Crippen LogP contribution >= 0.6 is 9.90 Å². The van der Waals surface area contributed by atoms with E-state index in [-0.39, 0.29) is 9.90 Å². The van der Waals surface area contributed by atoms with Gasteiger partial charge < -0.3 is 0 Å². The van der Waals surface area contributed by atoms with Crippen molar-refractivity contribution in [3.63, 3.8) is 0 Å². The van der Waals surface area contributed by atoms with Gasteiger partial charge in [0.05, 0.1) is 11.0 Å². The fourth-order valence-electron chi connectivity index (χ4n) is 2.63. The number of hydrogen-bond donors (Lipinski definition) is 0. The van der Waals surface area contributed by atoms with Crippen molar-refractivity contribution in [2.45, 2.75) is 32.6 Å². The van der Waals surface area contributed by atoms with Gasteiger partial charge in [-0.05, 0) is 30.5 Å². The molecule has 1 nitrogen and oxygen atoms in total. The van der Waals surface area contributed by atoms with E-state index in [2.05, 4.69) is 55.5 Å². The fourth-order valence-corrected chi connectivity index (χ4v) is 2.63. The number of para-hydroxylation sites is 2. The van der Waals surface area contributed by atoms with E-state index in [0.717, 1.165) is 11.9 Å². The predicted molar refractivity (Wildman–Crippen MR) is 93.6 cm³/mol. The molecule has 1 atom stereocenters.